The molecule has 4 unspecified atom stereocenters. The first-order valence-electron chi connectivity index (χ1n) is 29.8. The van der Waals surface area contributed by atoms with Gasteiger partial charge in [0, 0.05) is 62.3 Å². The molecule has 81 heavy (non-hydrogen) atoms. The summed E-state index contributed by atoms with van der Waals surface area (Å²) in [5.41, 5.74) is -9.75. The molecule has 6 fully saturated rings. The Hall–Kier alpha value is -2.99. The van der Waals surface area contributed by atoms with Crippen molar-refractivity contribution < 1.29 is 82.3 Å². The van der Waals surface area contributed by atoms with Crippen molar-refractivity contribution in [3.63, 3.8) is 0 Å². The first kappa shape index (κ1) is 65.6. The summed E-state index contributed by atoms with van der Waals surface area (Å²) >= 11 is 0. The topological polar surface area (TPSA) is 261 Å². The number of aliphatic hydroxyl groups excluding tert-OH is 3. The Labute approximate surface area is 480 Å². The molecule has 0 aromatic rings. The van der Waals surface area contributed by atoms with E-state index in [2.05, 4.69) is 10.6 Å². The number of allylic oxidation sites excluding steroid dienone is 4. The highest BCUT2D eigenvalue weighted by atomic mass is 19.1. The lowest BCUT2D eigenvalue weighted by Gasteiger charge is -2.61. The molecule has 7 rings (SSSR count). The van der Waals surface area contributed by atoms with E-state index in [1.807, 2.05) is 39.8 Å². The standard InChI is InChI=1S/C61H100FN3O16/c1-18-44-59(13,73)49(69)36(7)64-51(70)32(3)28-57(11,75-16)50(81-54-47(68)42(65(14)15)26-33(4)77-54)34(5)48(35(6)53(72)79-44)80-45-30-58(12,76-17)60(74,37(8)78-45)23-24-63-52(71)46-31(2)25-41-40-20-19-38-27-39(66)21-22-56(38,10)61(40,62)43(67)29-55(41,46)9/h21-22,27,31-37,40-50,54,67-69,73-74H,18-20,23-26,28-30H2,1-17H3,(H,63,71)(H,64,70)/t31-,32-,33-,34+,35-,36-,37+,40?,41?,42+,43+,44-,45?,46-,47-,48+,49-,50-,54?,55+,56+,57-,58-,59-,60+,61+/m1/s1. The van der Waals surface area contributed by atoms with Crippen LogP contribution >= 0.6 is 0 Å². The molecule has 19 nitrogen and oxygen atoms in total. The summed E-state index contributed by atoms with van der Waals surface area (Å²) in [6, 6.07) is -1.34. The maximum Gasteiger partial charge on any atom is 0.311 e. The van der Waals surface area contributed by atoms with E-state index in [0.717, 1.165) is 0 Å². The van der Waals surface area contributed by atoms with Gasteiger partial charge in [0.15, 0.2) is 24.0 Å². The summed E-state index contributed by atoms with van der Waals surface area (Å²) in [5.74, 6) is -5.94. The number of fused-ring (bicyclic) bond motifs is 5. The predicted molar refractivity (Wildman–Crippen MR) is 297 cm³/mol. The average Bonchev–Trinajstić information content (AvgIpc) is 3.27. The van der Waals surface area contributed by atoms with Crippen LogP contribution in [0.15, 0.2) is 23.8 Å². The Kier molecular flexibility index (Phi) is 19.5. The van der Waals surface area contributed by atoms with Crippen molar-refractivity contribution in [3.05, 3.63) is 23.8 Å². The first-order valence-corrected chi connectivity index (χ1v) is 29.8. The molecular weight excluding hydrogens is 1050 g/mol. The highest BCUT2D eigenvalue weighted by Crippen LogP contribution is 2.70. The number of esters is 1. The number of rotatable bonds is 12. The van der Waals surface area contributed by atoms with E-state index in [-0.39, 0.29) is 74.3 Å². The number of aliphatic hydroxyl groups is 5. The number of methoxy groups -OCH3 is 2. The molecule has 2 amide bonds. The van der Waals surface area contributed by atoms with Gasteiger partial charge in [-0.2, -0.15) is 0 Å². The summed E-state index contributed by atoms with van der Waals surface area (Å²) in [5, 5.41) is 66.1. The van der Waals surface area contributed by atoms with Gasteiger partial charge in [0.25, 0.3) is 0 Å². The number of ketones is 1. The molecule has 20 heteroatoms. The predicted octanol–water partition coefficient (Wildman–Crippen LogP) is 4.85. The van der Waals surface area contributed by atoms with Crippen molar-refractivity contribution in [1.82, 2.24) is 15.5 Å². The molecule has 3 aliphatic heterocycles. The smallest absolute Gasteiger partial charge is 0.311 e. The van der Waals surface area contributed by atoms with E-state index < -0.39 is 142 Å². The maximum absolute atomic E-state index is 17.9. The second kappa shape index (κ2) is 24.1. The molecule has 4 aliphatic carbocycles. The third-order valence-electron chi connectivity index (χ3n) is 21.7. The van der Waals surface area contributed by atoms with Gasteiger partial charge in [0.2, 0.25) is 11.8 Å². The fourth-order valence-corrected chi connectivity index (χ4v) is 16.6. The minimum atomic E-state index is -2.03. The number of alkyl halides is 1. The minimum absolute atomic E-state index is 0.00733. The molecule has 0 aromatic carbocycles. The Morgan fingerprint density at radius 3 is 2.19 bits per heavy atom. The number of nitrogens with one attached hydrogen (secondary N) is 2. The van der Waals surface area contributed by atoms with E-state index >= 15 is 4.39 Å². The van der Waals surface area contributed by atoms with Crippen molar-refractivity contribution in [2.24, 2.45) is 52.3 Å². The largest absolute Gasteiger partial charge is 0.459 e. The molecule has 0 aromatic heterocycles. The summed E-state index contributed by atoms with van der Waals surface area (Å²) < 4.78 is 63.6. The number of carbonyl (C=O) groups excluding carboxylic acids is 4. The molecule has 0 spiro atoms. The highest BCUT2D eigenvalue weighted by Gasteiger charge is 2.72. The zero-order valence-electron chi connectivity index (χ0n) is 51.3. The van der Waals surface area contributed by atoms with E-state index in [4.69, 9.17) is 33.2 Å². The quantitative estimate of drug-likeness (QED) is 0.129. The fraction of sp³-hybridized carbons (Fsp3) is 0.869. The molecule has 26 atom stereocenters. The molecule has 7 N–H and O–H groups in total. The van der Waals surface area contributed by atoms with Gasteiger partial charge < -0.3 is 74.2 Å². The number of hydrogen-bond acceptors (Lipinski definition) is 17. The Morgan fingerprint density at radius 1 is 0.901 bits per heavy atom. The molecule has 3 heterocycles. The van der Waals surface area contributed by atoms with Gasteiger partial charge in [0.05, 0.1) is 48.1 Å². The molecular formula is C61H100FN3O16. The van der Waals surface area contributed by atoms with Crippen molar-refractivity contribution in [2.45, 2.75) is 249 Å². The summed E-state index contributed by atoms with van der Waals surface area (Å²) in [6.07, 6.45) is -4.62. The van der Waals surface area contributed by atoms with Crippen LogP contribution in [0.1, 0.15) is 148 Å². The van der Waals surface area contributed by atoms with Gasteiger partial charge in [-0.3, -0.25) is 19.2 Å². The number of ether oxygens (including phenoxy) is 7. The Balaban J connectivity index is 1.16. The van der Waals surface area contributed by atoms with E-state index in [1.165, 1.54) is 33.3 Å². The van der Waals surface area contributed by atoms with Crippen molar-refractivity contribution in [2.75, 3.05) is 34.9 Å². The Morgan fingerprint density at radius 2 is 1.57 bits per heavy atom. The number of likely N-dealkylation sites (N-methyl/N-ethyl adjacent to an activating group) is 1. The van der Waals surface area contributed by atoms with Gasteiger partial charge >= 0.3 is 5.97 Å². The van der Waals surface area contributed by atoms with Crippen LogP contribution in [0, 0.1) is 52.3 Å². The van der Waals surface area contributed by atoms with Gasteiger partial charge in [-0.25, -0.2) is 4.39 Å². The zero-order valence-corrected chi connectivity index (χ0v) is 51.3. The number of amides is 2. The molecule has 0 radical (unpaired) electrons. The number of hydrogen-bond donors (Lipinski definition) is 7. The fourth-order valence-electron chi connectivity index (χ4n) is 16.6. The second-order valence-electron chi connectivity index (χ2n) is 27.2. The maximum atomic E-state index is 17.9. The Bertz CT molecular complexity index is 2360. The number of halogens is 1. The lowest BCUT2D eigenvalue weighted by Crippen LogP contribution is -2.67. The second-order valence-corrected chi connectivity index (χ2v) is 27.2. The van der Waals surface area contributed by atoms with Gasteiger partial charge in [-0.05, 0) is 150 Å². The van der Waals surface area contributed by atoms with Crippen LogP contribution in [-0.4, -0.2) is 190 Å². The minimum Gasteiger partial charge on any atom is -0.459 e. The zero-order chi connectivity index (χ0) is 60.5. The number of carbonyl (C=O) groups is 4. The highest BCUT2D eigenvalue weighted by molar-refractivity contribution is 6.01. The van der Waals surface area contributed by atoms with Gasteiger partial charge in [-0.15, -0.1) is 0 Å². The van der Waals surface area contributed by atoms with Crippen LogP contribution < -0.4 is 10.6 Å². The average molecular weight is 1150 g/mol. The van der Waals surface area contributed by atoms with Crippen LogP contribution in [0.3, 0.4) is 0 Å². The van der Waals surface area contributed by atoms with Gasteiger partial charge in [0.1, 0.15) is 35.1 Å². The lowest BCUT2D eigenvalue weighted by molar-refractivity contribution is -0.338. The number of nitrogens with zero attached hydrogens (tertiary/aromatic N) is 1. The first-order chi connectivity index (χ1) is 37.5. The van der Waals surface area contributed by atoms with Crippen LogP contribution in [0.4, 0.5) is 4.39 Å². The molecule has 3 saturated heterocycles. The van der Waals surface area contributed by atoms with Crippen molar-refractivity contribution in [1.29, 1.82) is 0 Å². The lowest BCUT2D eigenvalue weighted by atomic mass is 9.45. The van der Waals surface area contributed by atoms with Crippen molar-refractivity contribution >= 4 is 23.6 Å². The van der Waals surface area contributed by atoms with E-state index in [9.17, 15) is 44.7 Å². The number of cyclic esters (lactones) is 1. The van der Waals surface area contributed by atoms with Crippen molar-refractivity contribution in [3.8, 4) is 0 Å². The summed E-state index contributed by atoms with van der Waals surface area (Å²) in [4.78, 5) is 57.7. The normalized spacial score (nSPS) is 50.0. The monoisotopic (exact) mass is 1150 g/mol. The van der Waals surface area contributed by atoms with E-state index in [0.29, 0.717) is 31.3 Å². The van der Waals surface area contributed by atoms with Crippen LogP contribution in [0.2, 0.25) is 0 Å². The van der Waals surface area contributed by atoms with E-state index in [1.54, 1.807) is 68.4 Å². The van der Waals surface area contributed by atoms with Crippen LogP contribution in [-0.2, 0) is 52.3 Å². The summed E-state index contributed by atoms with van der Waals surface area (Å²) in [7, 11) is 6.67. The van der Waals surface area contributed by atoms with Gasteiger partial charge in [-0.1, -0.05) is 46.3 Å². The molecule has 3 saturated carbocycles. The molecule has 7 aliphatic rings. The third kappa shape index (κ3) is 11.5. The molecule has 462 valence electrons. The third-order valence-corrected chi connectivity index (χ3v) is 21.7. The SMILES string of the molecule is CC[C@H]1OC(=O)[C@H](C)[C@@H](OC2C[C@@](C)(OC)[C@](O)(CCNC(=O)[C@H]3[C@H](C)CC4C5CCC6=CC(=O)C=C[C@]6(C)[C@@]5(F)[C@@H](O)C[C@@]43C)[C@H](C)O2)[C@H](C)[C@@H](OC2O[C@H](C)C[C@H](N(C)C)[C@H]2O)[C@](C)(OC)C[C@@H](C)C(=O)N[C@H](C)[C@@H](O)[C@]1(C)O. The summed E-state index contributed by atoms with van der Waals surface area (Å²) in [6.45, 7) is 22.6. The van der Waals surface area contributed by atoms with Crippen LogP contribution in [0.5, 0.6) is 0 Å². The van der Waals surface area contributed by atoms with Crippen LogP contribution in [0.25, 0.3) is 0 Å². The molecule has 0 bridgehead atoms.